The molecule has 1 aliphatic rings. The van der Waals surface area contributed by atoms with Crippen LogP contribution in [-0.2, 0) is 6.42 Å². The maximum absolute atomic E-state index is 10.5. The van der Waals surface area contributed by atoms with Gasteiger partial charge in [-0.15, -0.1) is 0 Å². The topological polar surface area (TPSA) is 89.4 Å². The molecule has 0 bridgehead atoms. The zero-order valence-electron chi connectivity index (χ0n) is 7.43. The van der Waals surface area contributed by atoms with E-state index < -0.39 is 4.92 Å². The van der Waals surface area contributed by atoms with E-state index >= 15 is 0 Å². The van der Waals surface area contributed by atoms with Gasteiger partial charge in [-0.3, -0.25) is 10.1 Å². The van der Waals surface area contributed by atoms with Gasteiger partial charge in [-0.2, -0.15) is 0 Å². The number of benzene rings is 1. The number of nitrogens with zero attached hydrogens (tertiary/aromatic N) is 1. The summed E-state index contributed by atoms with van der Waals surface area (Å²) in [6.07, 6.45) is 1.44. The molecule has 0 heterocycles. The van der Waals surface area contributed by atoms with Gasteiger partial charge in [0.25, 0.3) is 5.69 Å². The molecule has 0 saturated heterocycles. The predicted octanol–water partition coefficient (Wildman–Crippen LogP) is 1.25. The third-order valence-electron chi connectivity index (χ3n) is 2.53. The lowest BCUT2D eigenvalue weighted by Gasteiger charge is -2.06. The van der Waals surface area contributed by atoms with E-state index in [4.69, 9.17) is 5.73 Å². The first-order valence-electron chi connectivity index (χ1n) is 4.35. The Hall–Kier alpha value is -1.62. The van der Waals surface area contributed by atoms with Crippen molar-refractivity contribution in [1.29, 1.82) is 0 Å². The van der Waals surface area contributed by atoms with Gasteiger partial charge in [-0.05, 0) is 18.4 Å². The van der Waals surface area contributed by atoms with E-state index in [1.165, 1.54) is 6.07 Å². The third kappa shape index (κ3) is 1.22. The highest BCUT2D eigenvalue weighted by Gasteiger charge is 2.25. The second-order valence-electron chi connectivity index (χ2n) is 3.44. The van der Waals surface area contributed by atoms with Crippen LogP contribution >= 0.6 is 0 Å². The fourth-order valence-electron chi connectivity index (χ4n) is 1.88. The van der Waals surface area contributed by atoms with Gasteiger partial charge in [0.05, 0.1) is 11.0 Å². The number of aromatic hydroxyl groups is 1. The second kappa shape index (κ2) is 2.95. The van der Waals surface area contributed by atoms with Crippen molar-refractivity contribution in [3.05, 3.63) is 33.4 Å². The lowest BCUT2D eigenvalue weighted by atomic mass is 10.1. The van der Waals surface area contributed by atoms with E-state index in [0.29, 0.717) is 12.0 Å². The summed E-state index contributed by atoms with van der Waals surface area (Å²) in [5.41, 5.74) is 7.13. The van der Waals surface area contributed by atoms with Crippen LogP contribution in [0.25, 0.3) is 0 Å². The van der Waals surface area contributed by atoms with Crippen LogP contribution in [0.3, 0.4) is 0 Å². The van der Waals surface area contributed by atoms with Gasteiger partial charge in [0.1, 0.15) is 5.75 Å². The fraction of sp³-hybridized carbons (Fsp3) is 0.333. The van der Waals surface area contributed by atoms with Crippen LogP contribution in [0.4, 0.5) is 5.69 Å². The van der Waals surface area contributed by atoms with Gasteiger partial charge in [-0.1, -0.05) is 0 Å². The third-order valence-corrected chi connectivity index (χ3v) is 2.53. The molecule has 1 atom stereocenters. The summed E-state index contributed by atoms with van der Waals surface area (Å²) >= 11 is 0. The smallest absolute Gasteiger partial charge is 0.273 e. The molecule has 5 nitrogen and oxygen atoms in total. The Morgan fingerprint density at radius 1 is 1.57 bits per heavy atom. The zero-order chi connectivity index (χ0) is 10.3. The maximum atomic E-state index is 10.5. The molecule has 1 aromatic rings. The summed E-state index contributed by atoms with van der Waals surface area (Å²) in [5, 5.41) is 20.0. The van der Waals surface area contributed by atoms with Gasteiger partial charge in [0.2, 0.25) is 0 Å². The lowest BCUT2D eigenvalue weighted by molar-refractivity contribution is -0.385. The Balaban J connectivity index is 2.57. The SMILES string of the molecule is N[C@H]1CCc2cc([N+](=O)[O-])cc(O)c21. The van der Waals surface area contributed by atoms with Crippen LogP contribution in [0.1, 0.15) is 23.6 Å². The summed E-state index contributed by atoms with van der Waals surface area (Å²) in [7, 11) is 0. The maximum Gasteiger partial charge on any atom is 0.273 e. The highest BCUT2D eigenvalue weighted by molar-refractivity contribution is 5.52. The Kier molecular flexibility index (Phi) is 1.89. The molecule has 2 rings (SSSR count). The van der Waals surface area contributed by atoms with Crippen molar-refractivity contribution < 1.29 is 10.0 Å². The molecule has 14 heavy (non-hydrogen) atoms. The summed E-state index contributed by atoms with van der Waals surface area (Å²) in [6.45, 7) is 0. The second-order valence-corrected chi connectivity index (χ2v) is 3.44. The van der Waals surface area contributed by atoms with Gasteiger partial charge in [0.15, 0.2) is 0 Å². The quantitative estimate of drug-likeness (QED) is 0.520. The normalized spacial score (nSPS) is 19.4. The van der Waals surface area contributed by atoms with Gasteiger partial charge < -0.3 is 10.8 Å². The summed E-state index contributed by atoms with van der Waals surface area (Å²) < 4.78 is 0. The standard InChI is InChI=1S/C9H10N2O3/c10-7-2-1-5-3-6(11(13)14)4-8(12)9(5)7/h3-4,7,12H,1-2,10H2/t7-/m0/s1. The van der Waals surface area contributed by atoms with Gasteiger partial charge >= 0.3 is 0 Å². The van der Waals surface area contributed by atoms with Crippen LogP contribution in [-0.4, -0.2) is 10.0 Å². The number of nitrogens with two attached hydrogens (primary N) is 1. The molecule has 0 radical (unpaired) electrons. The molecule has 0 aromatic heterocycles. The molecule has 74 valence electrons. The molecule has 0 spiro atoms. The number of hydrogen-bond donors (Lipinski definition) is 2. The summed E-state index contributed by atoms with van der Waals surface area (Å²) in [5.74, 6) is -0.0563. The number of phenolic OH excluding ortho intramolecular Hbond substituents is 1. The van der Waals surface area contributed by atoms with Crippen molar-refractivity contribution >= 4 is 5.69 Å². The minimum atomic E-state index is -0.510. The van der Waals surface area contributed by atoms with Crippen LogP contribution in [0.2, 0.25) is 0 Å². The van der Waals surface area contributed by atoms with Gasteiger partial charge in [0, 0.05) is 17.7 Å². The molecule has 5 heteroatoms. The lowest BCUT2D eigenvalue weighted by Crippen LogP contribution is -2.05. The van der Waals surface area contributed by atoms with E-state index in [2.05, 4.69) is 0 Å². The van der Waals surface area contributed by atoms with Crippen LogP contribution in [0, 0.1) is 10.1 Å². The summed E-state index contributed by atoms with van der Waals surface area (Å²) in [6, 6.07) is 2.46. The number of nitro groups is 1. The van der Waals surface area contributed by atoms with Crippen LogP contribution < -0.4 is 5.73 Å². The molecule has 3 N–H and O–H groups in total. The van der Waals surface area contributed by atoms with E-state index in [-0.39, 0.29) is 17.5 Å². The molecule has 1 aromatic carbocycles. The molecular formula is C9H10N2O3. The fourth-order valence-corrected chi connectivity index (χ4v) is 1.88. The monoisotopic (exact) mass is 194 g/mol. The largest absolute Gasteiger partial charge is 0.507 e. The van der Waals surface area contributed by atoms with Crippen molar-refractivity contribution in [2.24, 2.45) is 5.73 Å². The van der Waals surface area contributed by atoms with Gasteiger partial charge in [-0.25, -0.2) is 0 Å². The number of fused-ring (bicyclic) bond motifs is 1. The average Bonchev–Trinajstić information content (AvgIpc) is 2.48. The van der Waals surface area contributed by atoms with Crippen LogP contribution in [0.15, 0.2) is 12.1 Å². The van der Waals surface area contributed by atoms with E-state index in [1.54, 1.807) is 0 Å². The average molecular weight is 194 g/mol. The highest BCUT2D eigenvalue weighted by Crippen LogP contribution is 2.38. The number of nitro benzene ring substituents is 1. The number of phenols is 1. The van der Waals surface area contributed by atoms with E-state index in [0.717, 1.165) is 18.1 Å². The first-order valence-corrected chi connectivity index (χ1v) is 4.35. The number of hydrogen-bond acceptors (Lipinski definition) is 4. The minimum Gasteiger partial charge on any atom is -0.507 e. The zero-order valence-corrected chi connectivity index (χ0v) is 7.43. The first-order chi connectivity index (χ1) is 6.59. The Labute approximate surface area is 80.3 Å². The molecule has 0 unspecified atom stereocenters. The number of non-ortho nitro benzene ring substituents is 1. The molecule has 1 aliphatic carbocycles. The summed E-state index contributed by atoms with van der Waals surface area (Å²) in [4.78, 5) is 9.99. The number of aryl methyl sites for hydroxylation is 1. The van der Waals surface area contributed by atoms with Crippen molar-refractivity contribution in [2.45, 2.75) is 18.9 Å². The molecule has 0 amide bonds. The number of rotatable bonds is 1. The molecule has 0 saturated carbocycles. The Morgan fingerprint density at radius 3 is 2.93 bits per heavy atom. The van der Waals surface area contributed by atoms with Crippen molar-refractivity contribution in [3.63, 3.8) is 0 Å². The Morgan fingerprint density at radius 2 is 2.29 bits per heavy atom. The van der Waals surface area contributed by atoms with E-state index in [1.807, 2.05) is 0 Å². The highest BCUT2D eigenvalue weighted by atomic mass is 16.6. The molecule has 0 fully saturated rings. The van der Waals surface area contributed by atoms with E-state index in [9.17, 15) is 15.2 Å². The molecular weight excluding hydrogens is 184 g/mol. The van der Waals surface area contributed by atoms with Crippen molar-refractivity contribution in [1.82, 2.24) is 0 Å². The van der Waals surface area contributed by atoms with Crippen molar-refractivity contribution in [3.8, 4) is 5.75 Å². The first kappa shape index (κ1) is 8.96. The van der Waals surface area contributed by atoms with Crippen LogP contribution in [0.5, 0.6) is 5.75 Å². The van der Waals surface area contributed by atoms with Crippen molar-refractivity contribution in [2.75, 3.05) is 0 Å². The predicted molar refractivity (Wildman–Crippen MR) is 50.0 cm³/mol. The minimum absolute atomic E-state index is 0.0563. The molecule has 0 aliphatic heterocycles. The Bertz CT molecular complexity index is 403.